The molecule has 8 heteroatoms. The topological polar surface area (TPSA) is 84.9 Å². The molecule has 0 spiro atoms. The lowest BCUT2D eigenvalue weighted by Gasteiger charge is -2.10. The molecule has 17 heavy (non-hydrogen) atoms. The van der Waals surface area contributed by atoms with Crippen LogP contribution < -0.4 is 5.32 Å². The van der Waals surface area contributed by atoms with Gasteiger partial charge < -0.3 is 19.9 Å². The predicted molar refractivity (Wildman–Crippen MR) is 52.3 cm³/mol. The number of carbonyl (C=O) groups is 2. The van der Waals surface area contributed by atoms with Crippen molar-refractivity contribution in [3.8, 4) is 0 Å². The zero-order valence-electron chi connectivity index (χ0n) is 9.16. The Morgan fingerprint density at radius 1 is 1.41 bits per heavy atom. The number of amides is 1. The number of alkyl halides is 2. The number of ether oxygens (including phenoxy) is 2. The fraction of sp³-hybridized carbons (Fsp3) is 0.556. The van der Waals surface area contributed by atoms with Crippen LogP contribution in [-0.2, 0) is 14.3 Å². The van der Waals surface area contributed by atoms with E-state index in [2.05, 4.69) is 16.1 Å². The first kappa shape index (κ1) is 15.3. The van der Waals surface area contributed by atoms with Gasteiger partial charge in [0, 0.05) is 5.57 Å². The minimum Gasteiger partial charge on any atom is -0.460 e. The van der Waals surface area contributed by atoms with Gasteiger partial charge in [-0.3, -0.25) is 0 Å². The molecule has 2 N–H and O–H groups in total. The first-order chi connectivity index (χ1) is 7.72. The van der Waals surface area contributed by atoms with Crippen LogP contribution in [0.15, 0.2) is 12.2 Å². The van der Waals surface area contributed by atoms with Gasteiger partial charge in [0.25, 0.3) is 0 Å². The SMILES string of the molecule is C=C(C)C(=O)OCCNC(=O)OCC(O)(F)F. The second-order valence-corrected chi connectivity index (χ2v) is 3.08. The molecule has 1 amide bonds. The van der Waals surface area contributed by atoms with E-state index in [1.54, 1.807) is 0 Å². The van der Waals surface area contributed by atoms with Crippen LogP contribution in [0.25, 0.3) is 0 Å². The highest BCUT2D eigenvalue weighted by atomic mass is 19.3. The normalized spacial score (nSPS) is 10.6. The Kier molecular flexibility index (Phi) is 6.11. The summed E-state index contributed by atoms with van der Waals surface area (Å²) in [5.41, 5.74) is 0.201. The van der Waals surface area contributed by atoms with E-state index in [0.29, 0.717) is 0 Å². The Hall–Kier alpha value is -1.70. The summed E-state index contributed by atoms with van der Waals surface area (Å²) in [6.45, 7) is 3.09. The highest BCUT2D eigenvalue weighted by molar-refractivity contribution is 5.86. The van der Waals surface area contributed by atoms with Gasteiger partial charge in [-0.05, 0) is 6.92 Å². The lowest BCUT2D eigenvalue weighted by atomic mass is 10.4. The van der Waals surface area contributed by atoms with E-state index in [1.807, 2.05) is 5.32 Å². The van der Waals surface area contributed by atoms with Gasteiger partial charge in [-0.25, -0.2) is 9.59 Å². The zero-order valence-corrected chi connectivity index (χ0v) is 9.16. The fourth-order valence-corrected chi connectivity index (χ4v) is 0.623. The number of aliphatic hydroxyl groups is 1. The number of halogens is 2. The molecule has 0 aliphatic carbocycles. The van der Waals surface area contributed by atoms with Crippen LogP contribution in [0.2, 0.25) is 0 Å². The molecular weight excluding hydrogens is 240 g/mol. The molecule has 0 saturated heterocycles. The summed E-state index contributed by atoms with van der Waals surface area (Å²) >= 11 is 0. The molecule has 0 aromatic rings. The molecule has 0 aromatic carbocycles. The summed E-state index contributed by atoms with van der Waals surface area (Å²) in [5.74, 6) is -0.623. The monoisotopic (exact) mass is 253 g/mol. The lowest BCUT2D eigenvalue weighted by Crippen LogP contribution is -2.33. The second kappa shape index (κ2) is 6.79. The Morgan fingerprint density at radius 2 is 2.00 bits per heavy atom. The standard InChI is InChI=1S/C9H13F2NO5/c1-6(2)7(13)16-4-3-12-8(14)17-5-9(10,11)15/h15H,1,3-5H2,2H3,(H,12,14). The minimum absolute atomic E-state index is 0.102. The summed E-state index contributed by atoms with van der Waals surface area (Å²) in [7, 11) is 0. The van der Waals surface area contributed by atoms with Crippen LogP contribution >= 0.6 is 0 Å². The molecule has 0 rings (SSSR count). The van der Waals surface area contributed by atoms with Crippen LogP contribution in [0.3, 0.4) is 0 Å². The number of esters is 1. The van der Waals surface area contributed by atoms with Crippen molar-refractivity contribution in [1.29, 1.82) is 0 Å². The van der Waals surface area contributed by atoms with Crippen LogP contribution in [-0.4, -0.2) is 43.0 Å². The smallest absolute Gasteiger partial charge is 0.407 e. The maximum absolute atomic E-state index is 11.8. The van der Waals surface area contributed by atoms with Crippen LogP contribution in [0.1, 0.15) is 6.92 Å². The molecule has 0 fully saturated rings. The third-order valence-electron chi connectivity index (χ3n) is 1.33. The van der Waals surface area contributed by atoms with Gasteiger partial charge in [0.15, 0.2) is 6.61 Å². The van der Waals surface area contributed by atoms with Crippen molar-refractivity contribution in [2.24, 2.45) is 0 Å². The van der Waals surface area contributed by atoms with E-state index in [4.69, 9.17) is 5.11 Å². The molecular formula is C9H13F2NO5. The molecule has 0 radical (unpaired) electrons. The average molecular weight is 253 g/mol. The molecule has 0 saturated carbocycles. The first-order valence-electron chi connectivity index (χ1n) is 4.56. The molecule has 0 aromatic heterocycles. The number of hydrogen-bond donors (Lipinski definition) is 2. The van der Waals surface area contributed by atoms with E-state index in [1.165, 1.54) is 6.92 Å². The first-order valence-corrected chi connectivity index (χ1v) is 4.56. The highest BCUT2D eigenvalue weighted by Gasteiger charge is 2.26. The Balaban J connectivity index is 3.59. The van der Waals surface area contributed by atoms with E-state index >= 15 is 0 Å². The largest absolute Gasteiger partial charge is 0.460 e. The van der Waals surface area contributed by atoms with E-state index in [0.717, 1.165) is 0 Å². The Bertz CT molecular complexity index is 300. The molecule has 0 heterocycles. The zero-order chi connectivity index (χ0) is 13.5. The summed E-state index contributed by atoms with van der Waals surface area (Å²) in [6, 6.07) is 0. The average Bonchev–Trinajstić information content (AvgIpc) is 2.20. The molecule has 6 nitrogen and oxygen atoms in total. The quantitative estimate of drug-likeness (QED) is 0.407. The molecule has 0 atom stereocenters. The fourth-order valence-electron chi connectivity index (χ4n) is 0.623. The van der Waals surface area contributed by atoms with E-state index in [9.17, 15) is 18.4 Å². The number of hydrogen-bond acceptors (Lipinski definition) is 5. The van der Waals surface area contributed by atoms with Crippen molar-refractivity contribution in [1.82, 2.24) is 5.32 Å². The minimum atomic E-state index is -4.07. The molecule has 98 valence electrons. The van der Waals surface area contributed by atoms with E-state index < -0.39 is 24.8 Å². The van der Waals surface area contributed by atoms with Crippen molar-refractivity contribution in [2.75, 3.05) is 19.8 Å². The van der Waals surface area contributed by atoms with Gasteiger partial charge in [0.1, 0.15) is 6.61 Å². The Labute approximate surface area is 96.2 Å². The number of carbonyl (C=O) groups excluding carboxylic acids is 2. The predicted octanol–water partition coefficient (Wildman–Crippen LogP) is 0.417. The van der Waals surface area contributed by atoms with Crippen LogP contribution in [0.4, 0.5) is 13.6 Å². The highest BCUT2D eigenvalue weighted by Crippen LogP contribution is 2.07. The summed E-state index contributed by atoms with van der Waals surface area (Å²) in [4.78, 5) is 21.6. The van der Waals surface area contributed by atoms with Crippen molar-refractivity contribution >= 4 is 12.1 Å². The molecule has 0 aliphatic rings. The van der Waals surface area contributed by atoms with Gasteiger partial charge in [0.2, 0.25) is 0 Å². The number of rotatable bonds is 6. The van der Waals surface area contributed by atoms with Gasteiger partial charge in [-0.1, -0.05) is 6.58 Å². The van der Waals surface area contributed by atoms with Crippen molar-refractivity contribution in [3.63, 3.8) is 0 Å². The second-order valence-electron chi connectivity index (χ2n) is 3.08. The van der Waals surface area contributed by atoms with Gasteiger partial charge in [-0.2, -0.15) is 8.78 Å². The lowest BCUT2D eigenvalue weighted by molar-refractivity contribution is -0.221. The summed E-state index contributed by atoms with van der Waals surface area (Å²) in [5, 5.41) is 9.99. The third kappa shape index (κ3) is 9.24. The van der Waals surface area contributed by atoms with E-state index in [-0.39, 0.29) is 18.7 Å². The molecule has 0 aliphatic heterocycles. The van der Waals surface area contributed by atoms with Gasteiger partial charge in [-0.15, -0.1) is 0 Å². The number of nitrogens with one attached hydrogen (secondary N) is 1. The van der Waals surface area contributed by atoms with Gasteiger partial charge in [0.05, 0.1) is 6.54 Å². The maximum atomic E-state index is 11.8. The van der Waals surface area contributed by atoms with Crippen molar-refractivity contribution < 1.29 is 33.0 Å². The number of alkyl carbamates (subject to hydrolysis) is 1. The van der Waals surface area contributed by atoms with Crippen LogP contribution in [0, 0.1) is 0 Å². The van der Waals surface area contributed by atoms with Crippen molar-refractivity contribution in [3.05, 3.63) is 12.2 Å². The maximum Gasteiger partial charge on any atom is 0.407 e. The summed E-state index contributed by atoms with van der Waals surface area (Å²) < 4.78 is 32.2. The van der Waals surface area contributed by atoms with Crippen molar-refractivity contribution in [2.45, 2.75) is 13.0 Å². The van der Waals surface area contributed by atoms with Crippen LogP contribution in [0.5, 0.6) is 0 Å². The van der Waals surface area contributed by atoms with Gasteiger partial charge >= 0.3 is 18.2 Å². The molecule has 0 bridgehead atoms. The molecule has 0 unspecified atom stereocenters. The third-order valence-corrected chi connectivity index (χ3v) is 1.33. The Morgan fingerprint density at radius 3 is 2.47 bits per heavy atom. The summed E-state index contributed by atoms with van der Waals surface area (Å²) in [6.07, 6.45) is -5.21.